The minimum atomic E-state index is -0.623. The molecule has 6 rings (SSSR count). The van der Waals surface area contributed by atoms with Gasteiger partial charge >= 0.3 is 123 Å². The molecule has 5 aromatic rings. The molecule has 0 nitrogen and oxygen atoms in total. The molecule has 5 heteroatoms. The third kappa shape index (κ3) is 10.6. The van der Waals surface area contributed by atoms with E-state index in [9.17, 15) is 0 Å². The molecule has 0 bridgehead atoms. The van der Waals surface area contributed by atoms with Crippen molar-refractivity contribution in [1.82, 2.24) is 0 Å². The van der Waals surface area contributed by atoms with Crippen molar-refractivity contribution in [2.24, 2.45) is 0 Å². The Morgan fingerprint density at radius 2 is 1.31 bits per heavy atom. The average Bonchev–Trinajstić information content (AvgIpc) is 3.50. The van der Waals surface area contributed by atoms with Gasteiger partial charge in [-0.1, -0.05) is 69.0 Å². The fourth-order valence-corrected chi connectivity index (χ4v) is 7.15. The number of hydrogen-bond donors (Lipinski definition) is 0. The molecular weight excluding hydrogens is 677 g/mol. The summed E-state index contributed by atoms with van der Waals surface area (Å²) in [7, 11) is 0. The van der Waals surface area contributed by atoms with E-state index in [1.807, 2.05) is 30.3 Å². The monoisotopic (exact) mass is 710 g/mol. The van der Waals surface area contributed by atoms with Crippen LogP contribution in [-0.4, -0.2) is 7.42 Å². The van der Waals surface area contributed by atoms with Crippen LogP contribution in [0.15, 0.2) is 103 Å². The molecule has 0 heterocycles. The van der Waals surface area contributed by atoms with Gasteiger partial charge in [-0.15, -0.1) is 30.4 Å². The second-order valence-corrected chi connectivity index (χ2v) is 13.4. The number of aryl methyl sites for hydroxylation is 2. The van der Waals surface area contributed by atoms with E-state index in [1.54, 1.807) is 0 Å². The molecule has 0 amide bonds. The van der Waals surface area contributed by atoms with Crippen LogP contribution >= 0.6 is 48.0 Å². The zero-order chi connectivity index (χ0) is 28.5. The van der Waals surface area contributed by atoms with Gasteiger partial charge in [0.15, 0.2) is 0 Å². The van der Waals surface area contributed by atoms with Gasteiger partial charge in [0.05, 0.1) is 0 Å². The molecule has 0 saturated heterocycles. The molecule has 0 aliphatic heterocycles. The van der Waals surface area contributed by atoms with Gasteiger partial charge in [0, 0.05) is 0 Å². The normalized spacial score (nSPS) is 10.3. The van der Waals surface area contributed by atoms with Gasteiger partial charge in [0.25, 0.3) is 0 Å². The summed E-state index contributed by atoms with van der Waals surface area (Å²) in [5.41, 5.74) is 12.3. The van der Waals surface area contributed by atoms with Crippen LogP contribution in [-0.2, 0) is 28.7 Å². The quantitative estimate of drug-likeness (QED) is 0.160. The molecule has 0 saturated carbocycles. The molecule has 0 atom stereocenters. The molecule has 1 aliphatic rings. The Labute approximate surface area is 284 Å². The number of fused-ring (bicyclic) bond motifs is 3. The van der Waals surface area contributed by atoms with E-state index in [1.165, 1.54) is 50.1 Å². The largest absolute Gasteiger partial charge is 0.179 e. The molecule has 5 aromatic carbocycles. The average molecular weight is 714 g/mol. The van der Waals surface area contributed by atoms with E-state index in [0.29, 0.717) is 5.92 Å². The maximum Gasteiger partial charge on any atom is -0.0253 e. The molecule has 0 fully saturated rings. The summed E-state index contributed by atoms with van der Waals surface area (Å²) in [6.07, 6.45) is 1.05. The van der Waals surface area contributed by atoms with Gasteiger partial charge < -0.3 is 0 Å². The van der Waals surface area contributed by atoms with Crippen molar-refractivity contribution in [2.75, 3.05) is 0 Å². The fraction of sp³-hybridized carbons (Fsp3) is 0.162. The van der Waals surface area contributed by atoms with Crippen molar-refractivity contribution >= 4 is 55.4 Å². The molecule has 0 aromatic heterocycles. The van der Waals surface area contributed by atoms with Crippen LogP contribution in [0.2, 0.25) is 10.0 Å². The van der Waals surface area contributed by atoms with E-state index >= 15 is 0 Å². The Kier molecular flexibility index (Phi) is 15.5. The predicted octanol–water partition coefficient (Wildman–Crippen LogP) is 11.1. The summed E-state index contributed by atoms with van der Waals surface area (Å²) < 4.78 is 4.66. The standard InChI is InChI=1S/C13H9.C10H15.2C7H5Cl.2ClH.Zr/c1-3-7-12-10(5-1)9-11-6-2-4-8-13(11)12;1-7(2)10-6-8(3)5-9(10)4;2*1-6-2-4-7(8)5-3-6;;;/h1-5,7-8H,9H2;5-7H,1-4H3;2*1-5H;2*1H;/q2*-1;;;;;. The first kappa shape index (κ1) is 36.2. The van der Waals surface area contributed by atoms with E-state index in [2.05, 4.69) is 114 Å². The summed E-state index contributed by atoms with van der Waals surface area (Å²) in [5.74, 6) is 0.675. The van der Waals surface area contributed by atoms with Crippen molar-refractivity contribution in [2.45, 2.75) is 40.0 Å². The maximum absolute atomic E-state index is 5.84. The SMILES string of the molecule is Cc1cc(C(C)C)c(C)[cH-]1.Cl.Cl.Clc1ccc([CH]=[Zr]=[CH]c2ccc(Cl)cc2)cc1.[c-]1cccc2c1Cc1ccccc1-2. The Hall–Kier alpha value is -1.99. The van der Waals surface area contributed by atoms with Gasteiger partial charge in [-0.25, -0.2) is 6.07 Å². The van der Waals surface area contributed by atoms with Gasteiger partial charge in [-0.2, -0.15) is 52.6 Å². The van der Waals surface area contributed by atoms with Gasteiger partial charge in [0.2, 0.25) is 0 Å². The van der Waals surface area contributed by atoms with E-state index < -0.39 is 22.3 Å². The van der Waals surface area contributed by atoms with E-state index in [0.717, 1.165) is 16.5 Å². The second-order valence-electron chi connectivity index (χ2n) is 10.3. The zero-order valence-corrected chi connectivity index (χ0v) is 29.9. The first-order valence-corrected chi connectivity index (χ1v) is 17.1. The van der Waals surface area contributed by atoms with Crippen molar-refractivity contribution in [3.63, 3.8) is 0 Å². The van der Waals surface area contributed by atoms with E-state index in [-0.39, 0.29) is 24.8 Å². The van der Waals surface area contributed by atoms with E-state index in [4.69, 9.17) is 23.2 Å². The Morgan fingerprint density at radius 1 is 0.762 bits per heavy atom. The van der Waals surface area contributed by atoms with Crippen LogP contribution in [0.4, 0.5) is 0 Å². The first-order valence-electron chi connectivity index (χ1n) is 13.6. The Morgan fingerprint density at radius 3 is 1.81 bits per heavy atom. The summed E-state index contributed by atoms with van der Waals surface area (Å²) in [6, 6.07) is 38.6. The minimum absolute atomic E-state index is 0. The molecular formula is C37H36Cl4Zr-2. The molecule has 0 N–H and O–H groups in total. The zero-order valence-electron chi connectivity index (χ0n) is 24.3. The van der Waals surface area contributed by atoms with Crippen molar-refractivity contribution < 1.29 is 22.3 Å². The van der Waals surface area contributed by atoms with Crippen molar-refractivity contribution in [3.05, 3.63) is 158 Å². The number of rotatable bonds is 3. The minimum Gasteiger partial charge on any atom is -0.179 e. The molecule has 42 heavy (non-hydrogen) atoms. The second kappa shape index (κ2) is 18.0. The molecule has 0 spiro atoms. The van der Waals surface area contributed by atoms with Gasteiger partial charge in [0.1, 0.15) is 0 Å². The van der Waals surface area contributed by atoms with Crippen molar-refractivity contribution in [1.29, 1.82) is 0 Å². The number of hydrogen-bond acceptors (Lipinski definition) is 0. The van der Waals surface area contributed by atoms with Gasteiger partial charge in [-0.05, 0) is 6.42 Å². The van der Waals surface area contributed by atoms with Crippen LogP contribution < -0.4 is 0 Å². The third-order valence-electron chi connectivity index (χ3n) is 6.76. The fourth-order valence-electron chi connectivity index (χ4n) is 4.80. The van der Waals surface area contributed by atoms with Crippen molar-refractivity contribution in [3.8, 4) is 11.1 Å². The summed E-state index contributed by atoms with van der Waals surface area (Å²) in [5, 5.41) is 1.57. The summed E-state index contributed by atoms with van der Waals surface area (Å²) in [6.45, 7) is 8.81. The van der Waals surface area contributed by atoms with Crippen LogP contribution in [0.5, 0.6) is 0 Å². The summed E-state index contributed by atoms with van der Waals surface area (Å²) in [4.78, 5) is 0. The number of benzene rings is 4. The number of halogens is 4. The molecule has 218 valence electrons. The Bertz CT molecular complexity index is 1510. The maximum atomic E-state index is 5.84. The Balaban J connectivity index is 0.000000222. The molecule has 0 unspecified atom stereocenters. The van der Waals surface area contributed by atoms with Gasteiger partial charge in [-0.3, -0.25) is 0 Å². The topological polar surface area (TPSA) is 0 Å². The smallest absolute Gasteiger partial charge is 0.0253 e. The van der Waals surface area contributed by atoms with Crippen LogP contribution in [0.25, 0.3) is 11.1 Å². The van der Waals surface area contributed by atoms with Crippen LogP contribution in [0.3, 0.4) is 0 Å². The third-order valence-corrected chi connectivity index (χ3v) is 9.72. The molecule has 1 aliphatic carbocycles. The predicted molar refractivity (Wildman–Crippen MR) is 187 cm³/mol. The first-order chi connectivity index (χ1) is 19.3. The van der Waals surface area contributed by atoms with Crippen LogP contribution in [0.1, 0.15) is 58.7 Å². The summed E-state index contributed by atoms with van der Waals surface area (Å²) >= 11 is 11.0. The van der Waals surface area contributed by atoms with Crippen LogP contribution in [0, 0.1) is 19.9 Å². The molecule has 0 radical (unpaired) electrons.